The minimum absolute atomic E-state index is 0.127. The summed E-state index contributed by atoms with van der Waals surface area (Å²) in [4.78, 5) is 27.9. The molecule has 1 aliphatic carbocycles. The molecule has 0 aromatic rings. The number of rotatable bonds is 7. The van der Waals surface area contributed by atoms with Crippen molar-refractivity contribution in [2.24, 2.45) is 0 Å². The van der Waals surface area contributed by atoms with Crippen LogP contribution in [-0.2, 0) is 14.3 Å². The quantitative estimate of drug-likeness (QED) is 0.675. The lowest BCUT2D eigenvalue weighted by molar-refractivity contribution is -0.143. The molecular weight excluding hydrogens is 268 g/mol. The first-order valence-electron chi connectivity index (χ1n) is 8.09. The standard InChI is InChI=1S/C16H30N2O3/c1-5-17(12-16(20)21-4)11-15(19)18(13(2)3)14-9-7-6-8-10-14/h13-14H,5-12H2,1-4H3. The molecule has 0 aromatic carbocycles. The van der Waals surface area contributed by atoms with E-state index in [1.165, 1.54) is 26.4 Å². The van der Waals surface area contributed by atoms with Crippen molar-refractivity contribution >= 4 is 11.9 Å². The minimum atomic E-state index is -0.293. The highest BCUT2D eigenvalue weighted by molar-refractivity contribution is 5.80. The van der Waals surface area contributed by atoms with Gasteiger partial charge in [0.05, 0.1) is 20.2 Å². The monoisotopic (exact) mass is 298 g/mol. The van der Waals surface area contributed by atoms with Crippen LogP contribution in [0.1, 0.15) is 52.9 Å². The number of carbonyl (C=O) groups is 2. The van der Waals surface area contributed by atoms with Crippen LogP contribution in [0.25, 0.3) is 0 Å². The molecule has 1 saturated carbocycles. The zero-order valence-electron chi connectivity index (χ0n) is 13.9. The maximum Gasteiger partial charge on any atom is 0.319 e. The van der Waals surface area contributed by atoms with Gasteiger partial charge in [0.25, 0.3) is 0 Å². The zero-order valence-corrected chi connectivity index (χ0v) is 13.9. The summed E-state index contributed by atoms with van der Waals surface area (Å²) in [5, 5.41) is 0. The Hall–Kier alpha value is -1.10. The van der Waals surface area contributed by atoms with Crippen molar-refractivity contribution in [1.82, 2.24) is 9.80 Å². The smallest absolute Gasteiger partial charge is 0.319 e. The summed E-state index contributed by atoms with van der Waals surface area (Å²) in [6.07, 6.45) is 5.90. The van der Waals surface area contributed by atoms with Gasteiger partial charge < -0.3 is 9.64 Å². The molecule has 0 unspecified atom stereocenters. The summed E-state index contributed by atoms with van der Waals surface area (Å²) in [7, 11) is 1.38. The zero-order chi connectivity index (χ0) is 15.8. The van der Waals surface area contributed by atoms with Crippen molar-refractivity contribution in [3.8, 4) is 0 Å². The lowest BCUT2D eigenvalue weighted by atomic mass is 9.93. The molecule has 0 aliphatic heterocycles. The van der Waals surface area contributed by atoms with Gasteiger partial charge in [0.1, 0.15) is 0 Å². The van der Waals surface area contributed by atoms with E-state index in [9.17, 15) is 9.59 Å². The van der Waals surface area contributed by atoms with E-state index in [2.05, 4.69) is 18.6 Å². The van der Waals surface area contributed by atoms with Gasteiger partial charge in [-0.25, -0.2) is 0 Å². The molecule has 0 saturated heterocycles. The van der Waals surface area contributed by atoms with Gasteiger partial charge in [-0.3, -0.25) is 14.5 Å². The Morgan fingerprint density at radius 2 is 1.76 bits per heavy atom. The highest BCUT2D eigenvalue weighted by Crippen LogP contribution is 2.24. The Balaban J connectivity index is 2.64. The maximum absolute atomic E-state index is 12.7. The van der Waals surface area contributed by atoms with E-state index in [-0.39, 0.29) is 24.5 Å². The van der Waals surface area contributed by atoms with Gasteiger partial charge in [0.15, 0.2) is 0 Å². The van der Waals surface area contributed by atoms with E-state index in [1.807, 2.05) is 16.7 Å². The van der Waals surface area contributed by atoms with E-state index in [0.29, 0.717) is 19.1 Å². The number of nitrogens with zero attached hydrogens (tertiary/aromatic N) is 2. The van der Waals surface area contributed by atoms with Crippen LogP contribution in [0.3, 0.4) is 0 Å². The lowest BCUT2D eigenvalue weighted by Crippen LogP contribution is -2.50. The highest BCUT2D eigenvalue weighted by Gasteiger charge is 2.28. The molecule has 0 bridgehead atoms. The van der Waals surface area contributed by atoms with Crippen molar-refractivity contribution in [3.63, 3.8) is 0 Å². The molecule has 0 N–H and O–H groups in total. The van der Waals surface area contributed by atoms with Gasteiger partial charge in [-0.2, -0.15) is 0 Å². The molecule has 0 radical (unpaired) electrons. The third-order valence-electron chi connectivity index (χ3n) is 4.20. The highest BCUT2D eigenvalue weighted by atomic mass is 16.5. The minimum Gasteiger partial charge on any atom is -0.468 e. The largest absolute Gasteiger partial charge is 0.468 e. The van der Waals surface area contributed by atoms with Gasteiger partial charge in [0, 0.05) is 12.1 Å². The van der Waals surface area contributed by atoms with Crippen molar-refractivity contribution in [2.75, 3.05) is 26.7 Å². The average Bonchev–Trinajstić information content (AvgIpc) is 2.47. The molecule has 0 aromatic heterocycles. The van der Waals surface area contributed by atoms with E-state index in [1.54, 1.807) is 0 Å². The Labute approximate surface area is 128 Å². The van der Waals surface area contributed by atoms with Gasteiger partial charge in [0.2, 0.25) is 5.91 Å². The molecule has 1 fully saturated rings. The number of hydrogen-bond acceptors (Lipinski definition) is 4. The predicted molar refractivity (Wildman–Crippen MR) is 83.0 cm³/mol. The average molecular weight is 298 g/mol. The lowest BCUT2D eigenvalue weighted by Gasteiger charge is -2.38. The number of ether oxygens (including phenoxy) is 1. The first-order valence-corrected chi connectivity index (χ1v) is 8.09. The number of amides is 1. The van der Waals surface area contributed by atoms with E-state index < -0.39 is 0 Å². The summed E-state index contributed by atoms with van der Waals surface area (Å²) < 4.78 is 4.68. The van der Waals surface area contributed by atoms with E-state index in [4.69, 9.17) is 0 Å². The third kappa shape index (κ3) is 5.65. The fraction of sp³-hybridized carbons (Fsp3) is 0.875. The summed E-state index contributed by atoms with van der Waals surface area (Å²) in [5.41, 5.74) is 0. The molecule has 5 heteroatoms. The van der Waals surface area contributed by atoms with Gasteiger partial charge >= 0.3 is 5.97 Å². The first kappa shape index (κ1) is 18.0. The number of methoxy groups -OCH3 is 1. The van der Waals surface area contributed by atoms with Crippen LogP contribution in [0.2, 0.25) is 0 Å². The Kier molecular flexibility index (Phi) is 7.72. The van der Waals surface area contributed by atoms with Crippen LogP contribution < -0.4 is 0 Å². The maximum atomic E-state index is 12.7. The Morgan fingerprint density at radius 1 is 1.14 bits per heavy atom. The summed E-state index contributed by atoms with van der Waals surface area (Å²) in [6.45, 7) is 7.23. The van der Waals surface area contributed by atoms with Crippen molar-refractivity contribution in [2.45, 2.75) is 65.0 Å². The molecule has 1 amide bonds. The second-order valence-electron chi connectivity index (χ2n) is 6.07. The molecule has 5 nitrogen and oxygen atoms in total. The van der Waals surface area contributed by atoms with Gasteiger partial charge in [-0.15, -0.1) is 0 Å². The summed E-state index contributed by atoms with van der Waals surface area (Å²) >= 11 is 0. The number of hydrogen-bond donors (Lipinski definition) is 0. The predicted octanol–water partition coefficient (Wildman–Crippen LogP) is 2.05. The molecule has 1 rings (SSSR count). The molecule has 1 aliphatic rings. The topological polar surface area (TPSA) is 49.9 Å². The number of esters is 1. The van der Waals surface area contributed by atoms with Crippen LogP contribution in [0.4, 0.5) is 0 Å². The SMILES string of the molecule is CCN(CC(=O)OC)CC(=O)N(C(C)C)C1CCCCC1. The fourth-order valence-corrected chi connectivity index (χ4v) is 3.07. The third-order valence-corrected chi connectivity index (χ3v) is 4.20. The molecule has 0 heterocycles. The van der Waals surface area contributed by atoms with Crippen LogP contribution >= 0.6 is 0 Å². The Morgan fingerprint density at radius 3 is 2.24 bits per heavy atom. The Bertz CT molecular complexity index is 338. The number of likely N-dealkylation sites (N-methyl/N-ethyl adjacent to an activating group) is 1. The van der Waals surface area contributed by atoms with Gasteiger partial charge in [-0.1, -0.05) is 26.2 Å². The second kappa shape index (κ2) is 9.03. The normalized spacial score (nSPS) is 16.3. The fourth-order valence-electron chi connectivity index (χ4n) is 3.07. The molecule has 0 atom stereocenters. The van der Waals surface area contributed by atoms with Crippen LogP contribution in [-0.4, -0.2) is 60.5 Å². The van der Waals surface area contributed by atoms with Crippen molar-refractivity contribution in [3.05, 3.63) is 0 Å². The van der Waals surface area contributed by atoms with Crippen LogP contribution in [0.5, 0.6) is 0 Å². The molecule has 122 valence electrons. The molecule has 0 spiro atoms. The van der Waals surface area contributed by atoms with E-state index >= 15 is 0 Å². The molecular formula is C16H30N2O3. The first-order chi connectivity index (χ1) is 9.99. The van der Waals surface area contributed by atoms with Crippen LogP contribution in [0, 0.1) is 0 Å². The van der Waals surface area contributed by atoms with Crippen LogP contribution in [0.15, 0.2) is 0 Å². The second-order valence-corrected chi connectivity index (χ2v) is 6.07. The van der Waals surface area contributed by atoms with Gasteiger partial charge in [-0.05, 0) is 33.2 Å². The van der Waals surface area contributed by atoms with E-state index in [0.717, 1.165) is 12.8 Å². The van der Waals surface area contributed by atoms with Crippen molar-refractivity contribution in [1.29, 1.82) is 0 Å². The van der Waals surface area contributed by atoms with Crippen molar-refractivity contribution < 1.29 is 14.3 Å². The summed E-state index contributed by atoms with van der Waals surface area (Å²) in [5.74, 6) is -0.166. The molecule has 21 heavy (non-hydrogen) atoms. The number of carbonyl (C=O) groups excluding carboxylic acids is 2. The summed E-state index contributed by atoms with van der Waals surface area (Å²) in [6, 6.07) is 0.570.